The molecule has 1 heterocycles. The quantitative estimate of drug-likeness (QED) is 0.783. The number of nitrogens with zero attached hydrogens (tertiary/aromatic N) is 2. The van der Waals surface area contributed by atoms with Crippen molar-refractivity contribution in [3.8, 4) is 0 Å². The maximum atomic E-state index is 12.1. The van der Waals surface area contributed by atoms with Gasteiger partial charge in [-0.2, -0.15) is 0 Å². The third-order valence-corrected chi connectivity index (χ3v) is 6.86. The van der Waals surface area contributed by atoms with Gasteiger partial charge >= 0.3 is 0 Å². The lowest BCUT2D eigenvalue weighted by Gasteiger charge is -2.40. The number of benzene rings is 1. The van der Waals surface area contributed by atoms with Gasteiger partial charge in [-0.05, 0) is 68.4 Å². The lowest BCUT2D eigenvalue weighted by Crippen LogP contribution is -2.50. The van der Waals surface area contributed by atoms with Crippen LogP contribution in [0.15, 0.2) is 24.3 Å². The van der Waals surface area contributed by atoms with Crippen LogP contribution in [0.5, 0.6) is 0 Å². The van der Waals surface area contributed by atoms with E-state index in [0.717, 1.165) is 32.1 Å². The second-order valence-corrected chi connectivity index (χ2v) is 10.5. The van der Waals surface area contributed by atoms with Gasteiger partial charge in [-0.1, -0.05) is 39.0 Å². The maximum absolute atomic E-state index is 12.1. The largest absolute Gasteiger partial charge is 0.369 e. The zero-order valence-electron chi connectivity index (χ0n) is 19.2. The summed E-state index contributed by atoms with van der Waals surface area (Å²) >= 11 is 0. The number of carbonyl (C=O) groups excluding carboxylic acids is 1. The Kier molecular flexibility index (Phi) is 7.26. The Labute approximate surface area is 178 Å². The molecule has 0 aromatic heterocycles. The van der Waals surface area contributed by atoms with E-state index >= 15 is 0 Å². The van der Waals surface area contributed by atoms with Crippen LogP contribution < -0.4 is 10.2 Å². The van der Waals surface area contributed by atoms with Crippen LogP contribution >= 0.6 is 0 Å². The summed E-state index contributed by atoms with van der Waals surface area (Å²) in [5.74, 6) is 1.69. The summed E-state index contributed by atoms with van der Waals surface area (Å²) in [6.45, 7) is 15.7. The second-order valence-electron chi connectivity index (χ2n) is 10.5. The molecule has 4 heteroatoms. The fourth-order valence-electron chi connectivity index (χ4n) is 5.11. The average Bonchev–Trinajstić information content (AvgIpc) is 2.67. The molecule has 2 fully saturated rings. The highest BCUT2D eigenvalue weighted by Crippen LogP contribution is 2.45. The number of piperazine rings is 1. The minimum absolute atomic E-state index is 0.143. The van der Waals surface area contributed by atoms with Crippen molar-refractivity contribution in [3.63, 3.8) is 0 Å². The molecule has 1 aromatic rings. The van der Waals surface area contributed by atoms with Crippen LogP contribution in [0.25, 0.3) is 0 Å². The number of hydrogen-bond acceptors (Lipinski definition) is 3. The topological polar surface area (TPSA) is 35.6 Å². The highest BCUT2D eigenvalue weighted by Gasteiger charge is 2.31. The first-order valence-corrected chi connectivity index (χ1v) is 11.6. The number of carbonyl (C=O) groups is 1. The number of para-hydroxylation sites is 1. The lowest BCUT2D eigenvalue weighted by molar-refractivity contribution is -0.122. The average molecular weight is 400 g/mol. The number of amides is 1. The molecule has 1 amide bonds. The van der Waals surface area contributed by atoms with Crippen LogP contribution in [0.1, 0.15) is 71.8 Å². The molecule has 1 aromatic carbocycles. The standard InChI is InChI=1S/C25H41N3O/c1-19(2)26-24(29)18-27-14-16-28(17-15-27)23-9-7-6-8-22(23)20-10-12-21(13-11-20)25(3,4)5/h6-9,19-21H,10-18H2,1-5H3,(H,26,29). The molecule has 1 N–H and O–H groups in total. The fraction of sp³-hybridized carbons (Fsp3) is 0.720. The van der Waals surface area contributed by atoms with Gasteiger partial charge in [0.15, 0.2) is 0 Å². The SMILES string of the molecule is CC(C)NC(=O)CN1CCN(c2ccccc2C2CCC(C(C)(C)C)CC2)CC1. The third-order valence-electron chi connectivity index (χ3n) is 6.86. The van der Waals surface area contributed by atoms with Gasteiger partial charge in [-0.3, -0.25) is 9.69 Å². The summed E-state index contributed by atoms with van der Waals surface area (Å²) in [7, 11) is 0. The first kappa shape index (κ1) is 22.1. The molecule has 2 aliphatic rings. The molecule has 1 saturated heterocycles. The minimum atomic E-state index is 0.143. The molecule has 3 rings (SSSR count). The van der Waals surface area contributed by atoms with E-state index in [0.29, 0.717) is 17.9 Å². The number of hydrogen-bond donors (Lipinski definition) is 1. The molecule has 1 aliphatic heterocycles. The van der Waals surface area contributed by atoms with Gasteiger partial charge in [0.1, 0.15) is 0 Å². The molecule has 0 bridgehead atoms. The Hall–Kier alpha value is -1.55. The van der Waals surface area contributed by atoms with Crippen molar-refractivity contribution >= 4 is 11.6 Å². The smallest absolute Gasteiger partial charge is 0.234 e. The van der Waals surface area contributed by atoms with Crippen molar-refractivity contribution in [2.75, 3.05) is 37.6 Å². The predicted molar refractivity (Wildman–Crippen MR) is 123 cm³/mol. The van der Waals surface area contributed by atoms with Gasteiger partial charge in [-0.15, -0.1) is 0 Å². The molecule has 162 valence electrons. The first-order chi connectivity index (χ1) is 13.7. The third kappa shape index (κ3) is 5.97. The Balaban J connectivity index is 1.59. The molecular weight excluding hydrogens is 358 g/mol. The van der Waals surface area contributed by atoms with E-state index in [2.05, 4.69) is 60.2 Å². The van der Waals surface area contributed by atoms with Crippen molar-refractivity contribution in [1.82, 2.24) is 10.2 Å². The summed E-state index contributed by atoms with van der Waals surface area (Å²) in [5.41, 5.74) is 3.41. The summed E-state index contributed by atoms with van der Waals surface area (Å²) in [6, 6.07) is 9.28. The monoisotopic (exact) mass is 399 g/mol. The predicted octanol–water partition coefficient (Wildman–Crippen LogP) is 4.65. The van der Waals surface area contributed by atoms with E-state index in [4.69, 9.17) is 0 Å². The van der Waals surface area contributed by atoms with E-state index in [1.54, 1.807) is 5.56 Å². The normalized spacial score (nSPS) is 24.0. The zero-order valence-corrected chi connectivity index (χ0v) is 19.2. The molecule has 1 aliphatic carbocycles. The summed E-state index contributed by atoms with van der Waals surface area (Å²) in [4.78, 5) is 16.9. The van der Waals surface area contributed by atoms with Crippen molar-refractivity contribution in [2.45, 2.75) is 72.3 Å². The van der Waals surface area contributed by atoms with Crippen molar-refractivity contribution in [3.05, 3.63) is 29.8 Å². The second kappa shape index (κ2) is 9.51. The Morgan fingerprint density at radius 1 is 1.03 bits per heavy atom. The Bertz CT molecular complexity index is 663. The van der Waals surface area contributed by atoms with E-state index in [1.807, 2.05) is 13.8 Å². The van der Waals surface area contributed by atoms with Gasteiger partial charge in [-0.25, -0.2) is 0 Å². The van der Waals surface area contributed by atoms with Gasteiger partial charge < -0.3 is 10.2 Å². The molecular formula is C25H41N3O. The van der Waals surface area contributed by atoms with Crippen molar-refractivity contribution < 1.29 is 4.79 Å². The van der Waals surface area contributed by atoms with Crippen LogP contribution in [0, 0.1) is 11.3 Å². The molecule has 0 unspecified atom stereocenters. The van der Waals surface area contributed by atoms with Crippen LogP contribution in [-0.2, 0) is 4.79 Å². The molecule has 0 atom stereocenters. The van der Waals surface area contributed by atoms with Crippen LogP contribution in [-0.4, -0.2) is 49.6 Å². The Morgan fingerprint density at radius 2 is 1.66 bits per heavy atom. The van der Waals surface area contributed by atoms with E-state index in [1.165, 1.54) is 31.4 Å². The highest BCUT2D eigenvalue weighted by molar-refractivity contribution is 5.78. The highest BCUT2D eigenvalue weighted by atomic mass is 16.2. The van der Waals surface area contributed by atoms with E-state index in [9.17, 15) is 4.79 Å². The van der Waals surface area contributed by atoms with Gasteiger partial charge in [0.2, 0.25) is 5.91 Å². The summed E-state index contributed by atoms with van der Waals surface area (Å²) < 4.78 is 0. The molecule has 0 spiro atoms. The Morgan fingerprint density at radius 3 is 2.24 bits per heavy atom. The lowest BCUT2D eigenvalue weighted by atomic mass is 9.68. The van der Waals surface area contributed by atoms with Gasteiger partial charge in [0, 0.05) is 37.9 Å². The van der Waals surface area contributed by atoms with Gasteiger partial charge in [0.05, 0.1) is 6.54 Å². The zero-order chi connectivity index (χ0) is 21.0. The van der Waals surface area contributed by atoms with Crippen LogP contribution in [0.2, 0.25) is 0 Å². The van der Waals surface area contributed by atoms with E-state index in [-0.39, 0.29) is 11.9 Å². The molecule has 4 nitrogen and oxygen atoms in total. The minimum Gasteiger partial charge on any atom is -0.369 e. The number of rotatable bonds is 5. The molecule has 29 heavy (non-hydrogen) atoms. The van der Waals surface area contributed by atoms with E-state index < -0.39 is 0 Å². The van der Waals surface area contributed by atoms with Crippen LogP contribution in [0.3, 0.4) is 0 Å². The van der Waals surface area contributed by atoms with Crippen LogP contribution in [0.4, 0.5) is 5.69 Å². The molecule has 0 radical (unpaired) electrons. The van der Waals surface area contributed by atoms with Crippen molar-refractivity contribution in [2.24, 2.45) is 11.3 Å². The maximum Gasteiger partial charge on any atom is 0.234 e. The fourth-order valence-corrected chi connectivity index (χ4v) is 5.11. The molecule has 1 saturated carbocycles. The number of anilines is 1. The van der Waals surface area contributed by atoms with Gasteiger partial charge in [0.25, 0.3) is 0 Å². The first-order valence-electron chi connectivity index (χ1n) is 11.6. The van der Waals surface area contributed by atoms with Crippen molar-refractivity contribution in [1.29, 1.82) is 0 Å². The summed E-state index contributed by atoms with van der Waals surface area (Å²) in [6.07, 6.45) is 5.32. The number of nitrogens with one attached hydrogen (secondary N) is 1. The summed E-state index contributed by atoms with van der Waals surface area (Å²) in [5, 5.41) is 3.00.